The highest BCUT2D eigenvalue weighted by atomic mass is 16.5. The van der Waals surface area contributed by atoms with Gasteiger partial charge in [-0.15, -0.1) is 0 Å². The first-order chi connectivity index (χ1) is 16.3. The lowest BCUT2D eigenvalue weighted by molar-refractivity contribution is 0.0690. The van der Waals surface area contributed by atoms with Crippen LogP contribution in [0, 0.1) is 6.92 Å². The predicted molar refractivity (Wildman–Crippen MR) is 123 cm³/mol. The number of allylic oxidation sites excluding steroid dienone is 1. The number of aryl methyl sites for hydroxylation is 1. The van der Waals surface area contributed by atoms with Gasteiger partial charge < -0.3 is 15.2 Å². The number of benzene rings is 1. The largest absolute Gasteiger partial charge is 0.476 e. The van der Waals surface area contributed by atoms with Crippen LogP contribution in [0.25, 0.3) is 0 Å². The molecule has 2 heterocycles. The Morgan fingerprint density at radius 2 is 1.97 bits per heavy atom. The van der Waals surface area contributed by atoms with Crippen LogP contribution in [0.3, 0.4) is 0 Å². The number of hydrogen-bond acceptors (Lipinski definition) is 8. The number of nitrogens with one attached hydrogen (secondary N) is 1. The molecule has 1 unspecified atom stereocenters. The van der Waals surface area contributed by atoms with Crippen molar-refractivity contribution in [3.05, 3.63) is 98.4 Å². The molecule has 11 nitrogen and oxygen atoms in total. The van der Waals surface area contributed by atoms with Crippen molar-refractivity contribution in [2.24, 2.45) is 7.05 Å². The molecule has 34 heavy (non-hydrogen) atoms. The summed E-state index contributed by atoms with van der Waals surface area (Å²) < 4.78 is 8.01. The van der Waals surface area contributed by atoms with Gasteiger partial charge in [-0.05, 0) is 31.1 Å². The fraction of sp³-hybridized carbons (Fsp3) is 0.217. The van der Waals surface area contributed by atoms with Gasteiger partial charge in [0.2, 0.25) is 11.8 Å². The number of ether oxygens (including phenoxy) is 1. The van der Waals surface area contributed by atoms with Gasteiger partial charge in [0.25, 0.3) is 0 Å². The summed E-state index contributed by atoms with van der Waals surface area (Å²) in [6.45, 7) is 2.24. The van der Waals surface area contributed by atoms with Crippen molar-refractivity contribution in [3.8, 4) is 5.88 Å². The van der Waals surface area contributed by atoms with Gasteiger partial charge in [-0.3, -0.25) is 4.57 Å². The molecule has 4 rings (SSSR count). The summed E-state index contributed by atoms with van der Waals surface area (Å²) in [6.07, 6.45) is 8.15. The van der Waals surface area contributed by atoms with Crippen molar-refractivity contribution in [2.75, 3.05) is 5.32 Å². The lowest BCUT2D eigenvalue weighted by Crippen LogP contribution is -2.42. The topological polar surface area (TPSA) is 141 Å². The van der Waals surface area contributed by atoms with Crippen LogP contribution in [0.1, 0.15) is 28.0 Å². The molecule has 0 fully saturated rings. The Balaban J connectivity index is 1.49. The molecular weight excluding hydrogens is 440 g/mol. The Morgan fingerprint density at radius 1 is 1.21 bits per heavy atom. The van der Waals surface area contributed by atoms with Gasteiger partial charge in [-0.25, -0.2) is 28.9 Å². The Kier molecular flexibility index (Phi) is 6.35. The van der Waals surface area contributed by atoms with E-state index in [1.807, 2.05) is 37.3 Å². The predicted octanol–water partition coefficient (Wildman–Crippen LogP) is 1.49. The molecule has 3 aromatic rings. The maximum Gasteiger partial charge on any atom is 0.356 e. The molecule has 0 saturated carbocycles. The SMILES string of the molecule is Cc1ccc(Cn2c(NC3C=CC(Oc4cnc(C(=O)O)cn4)=CC3)nc(=O)n(C)c2=O)cc1. The molecule has 0 aliphatic heterocycles. The molecule has 1 atom stereocenters. The maximum absolute atomic E-state index is 12.8. The average Bonchev–Trinajstić information content (AvgIpc) is 2.83. The zero-order chi connectivity index (χ0) is 24.2. The third-order valence-corrected chi connectivity index (χ3v) is 5.17. The van der Waals surface area contributed by atoms with Crippen LogP contribution >= 0.6 is 0 Å². The summed E-state index contributed by atoms with van der Waals surface area (Å²) in [4.78, 5) is 47.6. The number of carboxylic acid groups (broad SMARTS) is 1. The molecule has 174 valence electrons. The monoisotopic (exact) mass is 462 g/mol. The van der Waals surface area contributed by atoms with E-state index in [2.05, 4.69) is 20.3 Å². The van der Waals surface area contributed by atoms with E-state index in [1.54, 1.807) is 12.2 Å². The number of nitrogens with zero attached hydrogens (tertiary/aromatic N) is 5. The van der Waals surface area contributed by atoms with E-state index >= 15 is 0 Å². The Bertz CT molecular complexity index is 1390. The first-order valence-corrected chi connectivity index (χ1v) is 10.4. The summed E-state index contributed by atoms with van der Waals surface area (Å²) in [6, 6.07) is 7.53. The number of aromatic nitrogens is 5. The molecule has 0 bridgehead atoms. The van der Waals surface area contributed by atoms with E-state index in [9.17, 15) is 14.4 Å². The van der Waals surface area contributed by atoms with Gasteiger partial charge in [0, 0.05) is 7.05 Å². The molecule has 1 aliphatic carbocycles. The minimum absolute atomic E-state index is 0.160. The quantitative estimate of drug-likeness (QED) is 0.534. The van der Waals surface area contributed by atoms with Gasteiger partial charge in [0.05, 0.1) is 25.0 Å². The minimum Gasteiger partial charge on any atom is -0.476 e. The Morgan fingerprint density at radius 3 is 2.59 bits per heavy atom. The second-order valence-corrected chi connectivity index (χ2v) is 7.73. The van der Waals surface area contributed by atoms with Crippen LogP contribution in [0.5, 0.6) is 5.88 Å². The van der Waals surface area contributed by atoms with E-state index in [4.69, 9.17) is 9.84 Å². The van der Waals surface area contributed by atoms with Gasteiger partial charge in [-0.1, -0.05) is 35.9 Å². The first-order valence-electron chi connectivity index (χ1n) is 10.4. The lowest BCUT2D eigenvalue weighted by atomic mass is 10.1. The zero-order valence-corrected chi connectivity index (χ0v) is 18.5. The smallest absolute Gasteiger partial charge is 0.356 e. The highest BCUT2D eigenvalue weighted by molar-refractivity contribution is 5.84. The number of hydrogen-bond donors (Lipinski definition) is 2. The van der Waals surface area contributed by atoms with E-state index in [1.165, 1.54) is 17.8 Å². The van der Waals surface area contributed by atoms with Crippen molar-refractivity contribution in [3.63, 3.8) is 0 Å². The minimum atomic E-state index is -1.17. The molecule has 11 heteroatoms. The van der Waals surface area contributed by atoms with Crippen LogP contribution in [0.4, 0.5) is 5.95 Å². The lowest BCUT2D eigenvalue weighted by Gasteiger charge is -2.21. The van der Waals surface area contributed by atoms with E-state index in [0.29, 0.717) is 12.2 Å². The standard InChI is InChI=1S/C23H22N6O5/c1-14-3-5-15(6-4-14)13-29-21(27-22(32)28(2)23(29)33)26-16-7-9-17(10-8-16)34-19-12-24-18(11-25-19)20(30)31/h3-7,9-12,16H,8,13H2,1-2H3,(H,30,31)(H,26,27,32). The molecular formula is C23H22N6O5. The third kappa shape index (κ3) is 5.09. The third-order valence-electron chi connectivity index (χ3n) is 5.17. The van der Waals surface area contributed by atoms with E-state index in [0.717, 1.165) is 21.9 Å². The highest BCUT2D eigenvalue weighted by Gasteiger charge is 2.17. The van der Waals surface area contributed by atoms with Crippen molar-refractivity contribution in [1.82, 2.24) is 24.1 Å². The molecule has 0 saturated heterocycles. The fourth-order valence-corrected chi connectivity index (χ4v) is 3.26. The summed E-state index contributed by atoms with van der Waals surface area (Å²) in [7, 11) is 1.39. The average molecular weight is 462 g/mol. The number of rotatable bonds is 7. The molecule has 1 aromatic carbocycles. The second kappa shape index (κ2) is 9.53. The maximum atomic E-state index is 12.8. The molecule has 2 aromatic heterocycles. The van der Waals surface area contributed by atoms with E-state index in [-0.39, 0.29) is 30.1 Å². The van der Waals surface area contributed by atoms with Crippen molar-refractivity contribution in [2.45, 2.75) is 25.9 Å². The zero-order valence-electron chi connectivity index (χ0n) is 18.5. The van der Waals surface area contributed by atoms with Crippen LogP contribution < -0.4 is 21.4 Å². The van der Waals surface area contributed by atoms with Crippen LogP contribution in [-0.2, 0) is 13.6 Å². The molecule has 0 amide bonds. The number of aromatic carboxylic acids is 1. The summed E-state index contributed by atoms with van der Waals surface area (Å²) in [5.74, 6) is -0.331. The van der Waals surface area contributed by atoms with Crippen molar-refractivity contribution < 1.29 is 14.6 Å². The number of anilines is 1. The van der Waals surface area contributed by atoms with Gasteiger partial charge in [0.1, 0.15) is 5.76 Å². The molecule has 0 spiro atoms. The molecule has 2 N–H and O–H groups in total. The Labute approximate surface area is 193 Å². The van der Waals surface area contributed by atoms with Gasteiger partial charge in [0.15, 0.2) is 5.69 Å². The normalized spacial score (nSPS) is 15.0. The van der Waals surface area contributed by atoms with Crippen molar-refractivity contribution >= 4 is 11.9 Å². The summed E-state index contributed by atoms with van der Waals surface area (Å²) in [5, 5.41) is 12.0. The Hall–Kier alpha value is -4.54. The first kappa shape index (κ1) is 22.6. The molecule has 0 radical (unpaired) electrons. The van der Waals surface area contributed by atoms with Gasteiger partial charge >= 0.3 is 17.3 Å². The van der Waals surface area contributed by atoms with Crippen LogP contribution in [-0.4, -0.2) is 41.2 Å². The van der Waals surface area contributed by atoms with Crippen LogP contribution in [0.2, 0.25) is 0 Å². The number of carboxylic acids is 1. The van der Waals surface area contributed by atoms with Crippen molar-refractivity contribution in [1.29, 1.82) is 0 Å². The van der Waals surface area contributed by atoms with Gasteiger partial charge in [-0.2, -0.15) is 4.98 Å². The van der Waals surface area contributed by atoms with E-state index < -0.39 is 17.3 Å². The fourth-order valence-electron chi connectivity index (χ4n) is 3.26. The highest BCUT2D eigenvalue weighted by Crippen LogP contribution is 2.18. The second-order valence-electron chi connectivity index (χ2n) is 7.73. The number of carbonyl (C=O) groups is 1. The summed E-state index contributed by atoms with van der Waals surface area (Å²) in [5.41, 5.74) is 0.721. The molecule has 1 aliphatic rings. The van der Waals surface area contributed by atoms with Crippen LogP contribution in [0.15, 0.2) is 70.2 Å². The summed E-state index contributed by atoms with van der Waals surface area (Å²) >= 11 is 0.